The minimum atomic E-state index is 0.172. The summed E-state index contributed by atoms with van der Waals surface area (Å²) in [7, 11) is 0. The van der Waals surface area contributed by atoms with E-state index in [0.717, 1.165) is 16.9 Å². The van der Waals surface area contributed by atoms with Crippen LogP contribution in [0.5, 0.6) is 5.75 Å². The molecule has 0 unspecified atom stereocenters. The fourth-order valence-electron chi connectivity index (χ4n) is 1.61. The summed E-state index contributed by atoms with van der Waals surface area (Å²) >= 11 is 0. The largest absolute Gasteiger partial charge is 0.489 e. The smallest absolute Gasteiger partial charge is 0.121 e. The van der Waals surface area contributed by atoms with Crippen LogP contribution in [-0.2, 0) is 6.61 Å². The van der Waals surface area contributed by atoms with Gasteiger partial charge in [-0.1, -0.05) is 53.4 Å². The maximum atomic E-state index is 8.16. The molecule has 0 N–H and O–H groups in total. The number of hydrogen-bond acceptors (Lipinski definition) is 2. The zero-order chi connectivity index (χ0) is 14.0. The molecule has 4 heteroatoms. The number of rotatable bonds is 4. The van der Waals surface area contributed by atoms with Crippen LogP contribution in [0.1, 0.15) is 11.1 Å². The summed E-state index contributed by atoms with van der Waals surface area (Å²) in [5, 5.41) is 3.36. The highest BCUT2D eigenvalue weighted by molar-refractivity contribution is 5.40. The lowest BCUT2D eigenvalue weighted by molar-refractivity contribution is 0.306. The molecule has 0 heterocycles. The van der Waals surface area contributed by atoms with Gasteiger partial charge in [0.05, 0.1) is 6.54 Å². The van der Waals surface area contributed by atoms with Crippen molar-refractivity contribution in [3.63, 3.8) is 0 Å². The average molecular weight is 263 g/mol. The molecule has 98 valence electrons. The maximum Gasteiger partial charge on any atom is 0.121 e. The van der Waals surface area contributed by atoms with E-state index in [2.05, 4.69) is 21.9 Å². The summed E-state index contributed by atoms with van der Waals surface area (Å²) in [5.41, 5.74) is 10.1. The highest BCUT2D eigenvalue weighted by Gasteiger charge is 1.96. The molecule has 0 aromatic heterocycles. The predicted octanol–water partition coefficient (Wildman–Crippen LogP) is 3.93. The Kier molecular flexibility index (Phi) is 5.09. The van der Waals surface area contributed by atoms with Crippen LogP contribution in [0.4, 0.5) is 0 Å². The molecule has 0 amide bonds. The predicted molar refractivity (Wildman–Crippen MR) is 78.1 cm³/mol. The molecule has 0 atom stereocenters. The van der Waals surface area contributed by atoms with Crippen molar-refractivity contribution >= 4 is 0 Å². The number of hydrogen-bond donors (Lipinski definition) is 0. The van der Waals surface area contributed by atoms with Crippen molar-refractivity contribution in [1.29, 1.82) is 0 Å². The third-order valence-corrected chi connectivity index (χ3v) is 2.53. The van der Waals surface area contributed by atoms with Crippen LogP contribution >= 0.6 is 0 Å². The normalized spacial score (nSPS) is 9.00. The molecule has 0 aliphatic carbocycles. The summed E-state index contributed by atoms with van der Waals surface area (Å²) in [6.45, 7) is 0.696. The van der Waals surface area contributed by atoms with Crippen LogP contribution in [0.3, 0.4) is 0 Å². The van der Waals surface area contributed by atoms with Gasteiger partial charge in [0.15, 0.2) is 0 Å². The second-order valence-corrected chi connectivity index (χ2v) is 3.99. The molecule has 0 spiro atoms. The molecule has 2 aromatic carbocycles. The van der Waals surface area contributed by atoms with E-state index in [1.165, 1.54) is 0 Å². The monoisotopic (exact) mass is 263 g/mol. The van der Waals surface area contributed by atoms with E-state index in [1.807, 2.05) is 54.6 Å². The van der Waals surface area contributed by atoms with Crippen molar-refractivity contribution in [3.8, 4) is 17.6 Å². The third kappa shape index (κ3) is 4.41. The summed E-state index contributed by atoms with van der Waals surface area (Å²) in [6, 6.07) is 17.5. The fourth-order valence-corrected chi connectivity index (χ4v) is 1.61. The summed E-state index contributed by atoms with van der Waals surface area (Å²) < 4.78 is 5.71. The molecule has 2 aromatic rings. The highest BCUT2D eigenvalue weighted by atomic mass is 16.5. The standard InChI is InChI=1S/C16H13N3O/c17-19-18-11-5-9-14-8-4-10-16(12-14)20-13-15-6-2-1-3-7-15/h1-4,6-8,10,12H,11,13H2. The molecule has 4 nitrogen and oxygen atoms in total. The van der Waals surface area contributed by atoms with Crippen LogP contribution < -0.4 is 4.74 Å². The quantitative estimate of drug-likeness (QED) is 0.357. The molecular weight excluding hydrogens is 250 g/mol. The summed E-state index contributed by atoms with van der Waals surface area (Å²) in [6.07, 6.45) is 0. The fraction of sp³-hybridized carbons (Fsp3) is 0.125. The first-order chi connectivity index (χ1) is 9.88. The topological polar surface area (TPSA) is 58.0 Å². The molecule has 0 radical (unpaired) electrons. The number of ether oxygens (including phenoxy) is 1. The van der Waals surface area contributed by atoms with Gasteiger partial charge in [0.25, 0.3) is 0 Å². The lowest BCUT2D eigenvalue weighted by atomic mass is 10.2. The van der Waals surface area contributed by atoms with Gasteiger partial charge < -0.3 is 4.74 Å². The van der Waals surface area contributed by atoms with Gasteiger partial charge in [-0.05, 0) is 29.3 Å². The van der Waals surface area contributed by atoms with Crippen LogP contribution in [0.15, 0.2) is 59.7 Å². The molecule has 0 bridgehead atoms. The average Bonchev–Trinajstić information content (AvgIpc) is 2.51. The van der Waals surface area contributed by atoms with Gasteiger partial charge in [-0.25, -0.2) is 0 Å². The van der Waals surface area contributed by atoms with Gasteiger partial charge in [0, 0.05) is 10.5 Å². The highest BCUT2D eigenvalue weighted by Crippen LogP contribution is 2.14. The first kappa shape index (κ1) is 13.5. The van der Waals surface area contributed by atoms with E-state index in [1.54, 1.807) is 0 Å². The van der Waals surface area contributed by atoms with Gasteiger partial charge in [-0.15, -0.1) is 0 Å². The van der Waals surface area contributed by atoms with Crippen molar-refractivity contribution in [3.05, 3.63) is 76.2 Å². The molecule has 0 saturated heterocycles. The van der Waals surface area contributed by atoms with E-state index < -0.39 is 0 Å². The van der Waals surface area contributed by atoms with Gasteiger partial charge in [0.2, 0.25) is 0 Å². The second kappa shape index (κ2) is 7.52. The lowest BCUT2D eigenvalue weighted by Crippen LogP contribution is -1.95. The summed E-state index contributed by atoms with van der Waals surface area (Å²) in [5.74, 6) is 6.47. The minimum absolute atomic E-state index is 0.172. The Morgan fingerprint density at radius 1 is 1.10 bits per heavy atom. The van der Waals surface area contributed by atoms with Crippen molar-refractivity contribution in [1.82, 2.24) is 0 Å². The Balaban J connectivity index is 1.98. The van der Waals surface area contributed by atoms with Gasteiger partial charge in [0.1, 0.15) is 12.4 Å². The number of benzene rings is 2. The Bertz CT molecular complexity index is 665. The minimum Gasteiger partial charge on any atom is -0.489 e. The Morgan fingerprint density at radius 3 is 2.75 bits per heavy atom. The van der Waals surface area contributed by atoms with Crippen molar-refractivity contribution < 1.29 is 4.74 Å². The van der Waals surface area contributed by atoms with Gasteiger partial charge in [-0.3, -0.25) is 0 Å². The van der Waals surface area contributed by atoms with Crippen molar-refractivity contribution in [2.45, 2.75) is 6.61 Å². The Morgan fingerprint density at radius 2 is 1.95 bits per heavy atom. The van der Waals surface area contributed by atoms with E-state index in [9.17, 15) is 0 Å². The molecule has 0 fully saturated rings. The summed E-state index contributed by atoms with van der Waals surface area (Å²) in [4.78, 5) is 2.65. The Labute approximate surface area is 117 Å². The van der Waals surface area contributed by atoms with E-state index in [-0.39, 0.29) is 6.54 Å². The number of azide groups is 1. The third-order valence-electron chi connectivity index (χ3n) is 2.53. The molecule has 0 aliphatic rings. The first-order valence-electron chi connectivity index (χ1n) is 6.15. The van der Waals surface area contributed by atoms with Gasteiger partial charge >= 0.3 is 0 Å². The second-order valence-electron chi connectivity index (χ2n) is 3.99. The molecule has 2 rings (SSSR count). The van der Waals surface area contributed by atoms with E-state index >= 15 is 0 Å². The van der Waals surface area contributed by atoms with Crippen molar-refractivity contribution in [2.24, 2.45) is 5.11 Å². The van der Waals surface area contributed by atoms with Crippen molar-refractivity contribution in [2.75, 3.05) is 6.54 Å². The SMILES string of the molecule is [N-]=[N+]=NCC#Cc1cccc(OCc2ccccc2)c1. The van der Waals surface area contributed by atoms with Crippen LogP contribution in [0, 0.1) is 11.8 Å². The first-order valence-corrected chi connectivity index (χ1v) is 6.15. The van der Waals surface area contributed by atoms with Crippen LogP contribution in [0.2, 0.25) is 0 Å². The maximum absolute atomic E-state index is 8.16. The van der Waals surface area contributed by atoms with Crippen LogP contribution in [0.25, 0.3) is 10.4 Å². The van der Waals surface area contributed by atoms with Crippen LogP contribution in [-0.4, -0.2) is 6.54 Å². The Hall–Kier alpha value is -2.89. The lowest BCUT2D eigenvalue weighted by Gasteiger charge is -2.06. The number of nitrogens with zero attached hydrogens (tertiary/aromatic N) is 3. The molecule has 0 saturated carbocycles. The van der Waals surface area contributed by atoms with E-state index in [4.69, 9.17) is 10.3 Å². The molecule has 0 aliphatic heterocycles. The zero-order valence-electron chi connectivity index (χ0n) is 10.9. The van der Waals surface area contributed by atoms with E-state index in [0.29, 0.717) is 6.61 Å². The zero-order valence-corrected chi connectivity index (χ0v) is 10.9. The van der Waals surface area contributed by atoms with Gasteiger partial charge in [-0.2, -0.15) is 0 Å². The molecule has 20 heavy (non-hydrogen) atoms. The molecular formula is C16H13N3O.